The molecule has 0 aliphatic heterocycles. The average molecular weight is 307 g/mol. The maximum atomic E-state index is 12.4. The van der Waals surface area contributed by atoms with Crippen molar-refractivity contribution >= 4 is 22.7 Å². The number of benzene rings is 2. The number of aromatic nitrogens is 1. The molecule has 3 aromatic rings. The highest BCUT2D eigenvalue weighted by molar-refractivity contribution is 6.00. The van der Waals surface area contributed by atoms with Gasteiger partial charge in [0.15, 0.2) is 0 Å². The Bertz CT molecular complexity index is 868. The van der Waals surface area contributed by atoms with Gasteiger partial charge in [-0.1, -0.05) is 42.0 Å². The summed E-state index contributed by atoms with van der Waals surface area (Å²) in [6.07, 6.45) is 0. The summed E-state index contributed by atoms with van der Waals surface area (Å²) < 4.78 is 0. The molecule has 116 valence electrons. The first-order valence-electron chi connectivity index (χ1n) is 7.29. The smallest absolute Gasteiger partial charge is 0.268 e. The van der Waals surface area contributed by atoms with E-state index in [1.807, 2.05) is 31.2 Å². The summed E-state index contributed by atoms with van der Waals surface area (Å²) in [5.74, 6) is -0.969. The number of nitrogens with two attached hydrogens (primary N) is 1. The number of hydrogen-bond donors (Lipinski definition) is 3. The van der Waals surface area contributed by atoms with E-state index in [1.54, 1.807) is 30.3 Å². The summed E-state index contributed by atoms with van der Waals surface area (Å²) in [6.45, 7) is 1.99. The maximum absolute atomic E-state index is 12.4. The summed E-state index contributed by atoms with van der Waals surface area (Å²) >= 11 is 0. The van der Waals surface area contributed by atoms with Crippen molar-refractivity contribution < 1.29 is 9.59 Å². The predicted molar refractivity (Wildman–Crippen MR) is 88.9 cm³/mol. The van der Waals surface area contributed by atoms with Crippen LogP contribution < -0.4 is 11.1 Å². The van der Waals surface area contributed by atoms with Crippen LogP contribution in [0.3, 0.4) is 0 Å². The highest BCUT2D eigenvalue weighted by atomic mass is 16.2. The van der Waals surface area contributed by atoms with Crippen LogP contribution in [-0.2, 0) is 4.79 Å². The molecule has 3 rings (SSSR count). The van der Waals surface area contributed by atoms with Gasteiger partial charge in [-0.3, -0.25) is 9.59 Å². The van der Waals surface area contributed by atoms with E-state index in [0.717, 1.165) is 16.5 Å². The largest absolute Gasteiger partial charge is 0.368 e. The molecule has 0 fully saturated rings. The van der Waals surface area contributed by atoms with Gasteiger partial charge in [0.1, 0.15) is 11.7 Å². The zero-order chi connectivity index (χ0) is 16.4. The van der Waals surface area contributed by atoms with Gasteiger partial charge in [-0.25, -0.2) is 0 Å². The van der Waals surface area contributed by atoms with Crippen LogP contribution >= 0.6 is 0 Å². The van der Waals surface area contributed by atoms with Crippen LogP contribution in [-0.4, -0.2) is 16.8 Å². The quantitative estimate of drug-likeness (QED) is 0.691. The highest BCUT2D eigenvalue weighted by Crippen LogP contribution is 2.18. The number of rotatable bonds is 4. The molecule has 2 aromatic carbocycles. The second-order valence-electron chi connectivity index (χ2n) is 5.49. The normalized spacial score (nSPS) is 12.0. The number of primary amides is 1. The van der Waals surface area contributed by atoms with E-state index in [9.17, 15) is 9.59 Å². The van der Waals surface area contributed by atoms with E-state index in [-0.39, 0.29) is 5.91 Å². The first-order valence-corrected chi connectivity index (χ1v) is 7.29. The van der Waals surface area contributed by atoms with Crippen molar-refractivity contribution in [2.75, 3.05) is 0 Å². The van der Waals surface area contributed by atoms with Crippen molar-refractivity contribution in [3.8, 4) is 0 Å². The molecule has 23 heavy (non-hydrogen) atoms. The van der Waals surface area contributed by atoms with Gasteiger partial charge in [0, 0.05) is 10.9 Å². The van der Waals surface area contributed by atoms with Crippen molar-refractivity contribution in [3.63, 3.8) is 0 Å². The molecule has 4 N–H and O–H groups in total. The standard InChI is InChI=1S/C18H17N3O2/c1-11-7-8-14-13(9-11)10-15(20-14)18(23)21-16(17(19)22)12-5-3-2-4-6-12/h2-10,16,20H,1H3,(H2,19,22)(H,21,23)/t16-/m0/s1. The van der Waals surface area contributed by atoms with E-state index in [2.05, 4.69) is 10.3 Å². The van der Waals surface area contributed by atoms with E-state index in [4.69, 9.17) is 5.73 Å². The number of fused-ring (bicyclic) bond motifs is 1. The number of carbonyl (C=O) groups is 2. The molecule has 0 spiro atoms. The predicted octanol–water partition coefficient (Wildman–Crippen LogP) is 2.43. The van der Waals surface area contributed by atoms with Crippen LogP contribution in [0.25, 0.3) is 10.9 Å². The summed E-state index contributed by atoms with van der Waals surface area (Å²) in [6, 6.07) is 15.7. The van der Waals surface area contributed by atoms with Gasteiger partial charge in [0.05, 0.1) is 0 Å². The molecule has 1 atom stereocenters. The molecule has 0 radical (unpaired) electrons. The monoisotopic (exact) mass is 307 g/mol. The van der Waals surface area contributed by atoms with Crippen LogP contribution in [0.2, 0.25) is 0 Å². The van der Waals surface area contributed by atoms with Crippen molar-refractivity contribution in [1.82, 2.24) is 10.3 Å². The molecule has 1 aromatic heterocycles. The number of nitrogens with one attached hydrogen (secondary N) is 2. The maximum Gasteiger partial charge on any atom is 0.268 e. The number of amides is 2. The zero-order valence-corrected chi connectivity index (χ0v) is 12.7. The molecule has 5 nitrogen and oxygen atoms in total. The first kappa shape index (κ1) is 14.8. The molecule has 0 saturated heterocycles. The Labute approximate surface area is 133 Å². The molecule has 0 aliphatic rings. The Kier molecular flexibility index (Phi) is 3.85. The first-order chi connectivity index (χ1) is 11.0. The molecule has 1 heterocycles. The minimum absolute atomic E-state index is 0.369. The zero-order valence-electron chi connectivity index (χ0n) is 12.7. The van der Waals surface area contributed by atoms with Gasteiger partial charge >= 0.3 is 0 Å². The van der Waals surface area contributed by atoms with Gasteiger partial charge in [-0.2, -0.15) is 0 Å². The fourth-order valence-corrected chi connectivity index (χ4v) is 2.55. The van der Waals surface area contributed by atoms with Crippen LogP contribution in [0.15, 0.2) is 54.6 Å². The second-order valence-corrected chi connectivity index (χ2v) is 5.49. The van der Waals surface area contributed by atoms with Gasteiger partial charge < -0.3 is 16.0 Å². The molecule has 0 unspecified atom stereocenters. The van der Waals surface area contributed by atoms with Gasteiger partial charge in [0.2, 0.25) is 5.91 Å². The number of hydrogen-bond acceptors (Lipinski definition) is 2. The Morgan fingerprint density at radius 3 is 2.52 bits per heavy atom. The third-order valence-electron chi connectivity index (χ3n) is 3.71. The highest BCUT2D eigenvalue weighted by Gasteiger charge is 2.21. The lowest BCUT2D eigenvalue weighted by molar-refractivity contribution is -0.120. The minimum atomic E-state index is -0.864. The van der Waals surface area contributed by atoms with Gasteiger partial charge in [0.25, 0.3) is 5.91 Å². The summed E-state index contributed by atoms with van der Waals surface area (Å²) in [7, 11) is 0. The van der Waals surface area contributed by atoms with Crippen LogP contribution in [0.5, 0.6) is 0 Å². The third-order valence-corrected chi connectivity index (χ3v) is 3.71. The minimum Gasteiger partial charge on any atom is -0.368 e. The summed E-state index contributed by atoms with van der Waals surface area (Å²) in [5.41, 5.74) is 8.46. The van der Waals surface area contributed by atoms with Crippen LogP contribution in [0.4, 0.5) is 0 Å². The van der Waals surface area contributed by atoms with Crippen molar-refractivity contribution in [2.45, 2.75) is 13.0 Å². The Morgan fingerprint density at radius 2 is 1.83 bits per heavy atom. The van der Waals surface area contributed by atoms with E-state index in [0.29, 0.717) is 11.3 Å². The van der Waals surface area contributed by atoms with Gasteiger partial charge in [-0.05, 0) is 30.7 Å². The lowest BCUT2D eigenvalue weighted by atomic mass is 10.1. The van der Waals surface area contributed by atoms with Crippen LogP contribution in [0, 0.1) is 6.92 Å². The van der Waals surface area contributed by atoms with E-state index >= 15 is 0 Å². The number of carbonyl (C=O) groups excluding carboxylic acids is 2. The SMILES string of the molecule is Cc1ccc2[nH]c(C(=O)N[C@H](C(N)=O)c3ccccc3)cc2c1. The van der Waals surface area contributed by atoms with Crippen molar-refractivity contribution in [1.29, 1.82) is 0 Å². The second kappa shape index (κ2) is 5.96. The number of aromatic amines is 1. The fraction of sp³-hybridized carbons (Fsp3) is 0.111. The van der Waals surface area contributed by atoms with E-state index in [1.165, 1.54) is 0 Å². The molecule has 0 aliphatic carbocycles. The molecule has 0 bridgehead atoms. The Morgan fingerprint density at radius 1 is 1.09 bits per heavy atom. The summed E-state index contributed by atoms with van der Waals surface area (Å²) in [5, 5.41) is 3.63. The van der Waals surface area contributed by atoms with Crippen molar-refractivity contribution in [2.24, 2.45) is 5.73 Å². The Balaban J connectivity index is 1.87. The van der Waals surface area contributed by atoms with E-state index < -0.39 is 11.9 Å². The fourth-order valence-electron chi connectivity index (χ4n) is 2.55. The average Bonchev–Trinajstić information content (AvgIpc) is 2.96. The lowest BCUT2D eigenvalue weighted by Crippen LogP contribution is -2.37. The molecular weight excluding hydrogens is 290 g/mol. The third kappa shape index (κ3) is 3.08. The van der Waals surface area contributed by atoms with Crippen LogP contribution in [0.1, 0.15) is 27.7 Å². The molecular formula is C18H17N3O2. The number of H-pyrrole nitrogens is 1. The Hall–Kier alpha value is -3.08. The topological polar surface area (TPSA) is 88.0 Å². The molecule has 2 amide bonds. The van der Waals surface area contributed by atoms with Gasteiger partial charge in [-0.15, -0.1) is 0 Å². The number of aryl methyl sites for hydroxylation is 1. The summed E-state index contributed by atoms with van der Waals surface area (Å²) in [4.78, 5) is 27.2. The lowest BCUT2D eigenvalue weighted by Gasteiger charge is -2.15. The molecule has 5 heteroatoms. The van der Waals surface area contributed by atoms with Crippen molar-refractivity contribution in [3.05, 3.63) is 71.4 Å². The molecule has 0 saturated carbocycles.